The van der Waals surface area contributed by atoms with E-state index in [1.54, 1.807) is 18.7 Å². The van der Waals surface area contributed by atoms with E-state index in [1.165, 1.54) is 0 Å². The van der Waals surface area contributed by atoms with Crippen molar-refractivity contribution in [3.63, 3.8) is 0 Å². The highest BCUT2D eigenvalue weighted by Crippen LogP contribution is 2.37. The lowest BCUT2D eigenvalue weighted by Gasteiger charge is -2.39. The molecular formula is C12H18N4O4. The minimum absolute atomic E-state index is 0.0718. The van der Waals surface area contributed by atoms with E-state index in [0.29, 0.717) is 31.3 Å². The molecule has 0 N–H and O–H groups in total. The fraction of sp³-hybridized carbons (Fsp3) is 0.750. The Hall–Kier alpha value is -1.67. The largest absolute Gasteiger partial charge is 0.346 e. The monoisotopic (exact) mass is 282 g/mol. The smallest absolute Gasteiger partial charge is 0.333 e. The third-order valence-electron chi connectivity index (χ3n) is 3.87. The molecule has 3 heterocycles. The second-order valence-electron chi connectivity index (χ2n) is 5.27. The molecule has 1 aromatic heterocycles. The van der Waals surface area contributed by atoms with E-state index in [2.05, 4.69) is 5.10 Å². The quantitative estimate of drug-likeness (QED) is 0.594. The van der Waals surface area contributed by atoms with Gasteiger partial charge in [0, 0.05) is 20.0 Å². The lowest BCUT2D eigenvalue weighted by molar-refractivity contribution is -0.384. The standard InChI is InChI=1S/C12H18N4O4/c1-9-10(16(17)18)11(14(2)13-9)15-5-3-4-12(8-15)19-6-7-20-12/h3-8H2,1-2H3. The van der Waals surface area contributed by atoms with Gasteiger partial charge in [-0.3, -0.25) is 10.1 Å². The summed E-state index contributed by atoms with van der Waals surface area (Å²) in [5, 5.41) is 15.4. The van der Waals surface area contributed by atoms with Crippen molar-refractivity contribution in [2.24, 2.45) is 7.05 Å². The molecule has 0 amide bonds. The highest BCUT2D eigenvalue weighted by Gasteiger charge is 2.43. The fourth-order valence-corrected chi connectivity index (χ4v) is 3.10. The zero-order valence-electron chi connectivity index (χ0n) is 11.7. The van der Waals surface area contributed by atoms with Crippen molar-refractivity contribution in [1.82, 2.24) is 9.78 Å². The van der Waals surface area contributed by atoms with Gasteiger partial charge in [-0.15, -0.1) is 0 Å². The Balaban J connectivity index is 1.94. The normalized spacial score (nSPS) is 21.6. The van der Waals surface area contributed by atoms with E-state index in [-0.39, 0.29) is 10.6 Å². The van der Waals surface area contributed by atoms with E-state index in [1.807, 2.05) is 4.90 Å². The summed E-state index contributed by atoms with van der Waals surface area (Å²) in [6.45, 7) is 4.08. The molecule has 0 bridgehead atoms. The van der Waals surface area contributed by atoms with Gasteiger partial charge < -0.3 is 14.4 Å². The van der Waals surface area contributed by atoms with Gasteiger partial charge in [0.1, 0.15) is 5.69 Å². The van der Waals surface area contributed by atoms with E-state index < -0.39 is 5.79 Å². The summed E-state index contributed by atoms with van der Waals surface area (Å²) >= 11 is 0. The van der Waals surface area contributed by atoms with Crippen molar-refractivity contribution in [1.29, 1.82) is 0 Å². The number of nitro groups is 1. The number of piperidine rings is 1. The molecule has 0 unspecified atom stereocenters. The SMILES string of the molecule is Cc1nn(C)c(N2CCCC3(C2)OCCO3)c1[N+](=O)[O-]. The molecule has 1 spiro atoms. The maximum atomic E-state index is 11.3. The first kappa shape index (κ1) is 13.3. The maximum Gasteiger partial charge on any atom is 0.333 e. The van der Waals surface area contributed by atoms with Crippen LogP contribution >= 0.6 is 0 Å². The van der Waals surface area contributed by atoms with Crippen LogP contribution in [0.15, 0.2) is 0 Å². The van der Waals surface area contributed by atoms with Crippen LogP contribution in [0.2, 0.25) is 0 Å². The summed E-state index contributed by atoms with van der Waals surface area (Å²) in [5.74, 6) is -0.0738. The van der Waals surface area contributed by atoms with Gasteiger partial charge in [0.25, 0.3) is 0 Å². The van der Waals surface area contributed by atoms with Gasteiger partial charge in [-0.1, -0.05) is 0 Å². The molecule has 2 fully saturated rings. The number of aromatic nitrogens is 2. The van der Waals surface area contributed by atoms with Crippen LogP contribution in [0.3, 0.4) is 0 Å². The number of rotatable bonds is 2. The number of hydrogen-bond donors (Lipinski definition) is 0. The molecule has 2 aliphatic heterocycles. The van der Waals surface area contributed by atoms with Crippen molar-refractivity contribution in [3.05, 3.63) is 15.8 Å². The molecular weight excluding hydrogens is 264 g/mol. The first-order valence-electron chi connectivity index (χ1n) is 6.73. The third-order valence-corrected chi connectivity index (χ3v) is 3.87. The van der Waals surface area contributed by atoms with Crippen LogP contribution in [-0.2, 0) is 16.5 Å². The average molecular weight is 282 g/mol. The zero-order chi connectivity index (χ0) is 14.3. The number of nitrogens with zero attached hydrogens (tertiary/aromatic N) is 4. The first-order valence-corrected chi connectivity index (χ1v) is 6.73. The Morgan fingerprint density at radius 2 is 2.10 bits per heavy atom. The second-order valence-corrected chi connectivity index (χ2v) is 5.27. The summed E-state index contributed by atoms with van der Waals surface area (Å²) in [4.78, 5) is 12.9. The molecule has 8 heteroatoms. The Morgan fingerprint density at radius 3 is 2.75 bits per heavy atom. The highest BCUT2D eigenvalue weighted by atomic mass is 16.7. The van der Waals surface area contributed by atoms with Crippen LogP contribution in [0.4, 0.5) is 11.5 Å². The predicted molar refractivity (Wildman–Crippen MR) is 70.7 cm³/mol. The molecule has 2 saturated heterocycles. The lowest BCUT2D eigenvalue weighted by atomic mass is 10.0. The second kappa shape index (κ2) is 4.71. The molecule has 3 rings (SSSR count). The maximum absolute atomic E-state index is 11.3. The molecule has 0 saturated carbocycles. The molecule has 0 radical (unpaired) electrons. The summed E-state index contributed by atoms with van der Waals surface area (Å²) in [6.07, 6.45) is 1.70. The van der Waals surface area contributed by atoms with Gasteiger partial charge in [0.05, 0.1) is 24.7 Å². The summed E-state index contributed by atoms with van der Waals surface area (Å²) in [5.41, 5.74) is 0.503. The van der Waals surface area contributed by atoms with E-state index in [0.717, 1.165) is 19.4 Å². The Morgan fingerprint density at radius 1 is 1.40 bits per heavy atom. The van der Waals surface area contributed by atoms with Crippen LogP contribution in [0, 0.1) is 17.0 Å². The zero-order valence-corrected chi connectivity index (χ0v) is 11.7. The summed E-state index contributed by atoms with van der Waals surface area (Å²) < 4.78 is 13.0. The number of hydrogen-bond acceptors (Lipinski definition) is 6. The molecule has 20 heavy (non-hydrogen) atoms. The van der Waals surface area contributed by atoms with Crippen LogP contribution in [-0.4, -0.2) is 46.8 Å². The molecule has 0 aromatic carbocycles. The molecule has 8 nitrogen and oxygen atoms in total. The number of anilines is 1. The molecule has 2 aliphatic rings. The Bertz CT molecular complexity index is 536. The van der Waals surface area contributed by atoms with Crippen molar-refractivity contribution in [2.75, 3.05) is 31.2 Å². The molecule has 1 aromatic rings. The lowest BCUT2D eigenvalue weighted by Crippen LogP contribution is -2.49. The molecule has 0 atom stereocenters. The van der Waals surface area contributed by atoms with Gasteiger partial charge in [-0.2, -0.15) is 5.10 Å². The first-order chi connectivity index (χ1) is 9.52. The summed E-state index contributed by atoms with van der Waals surface area (Å²) in [7, 11) is 1.73. The molecule has 0 aliphatic carbocycles. The number of ether oxygens (including phenoxy) is 2. The minimum Gasteiger partial charge on any atom is -0.346 e. The van der Waals surface area contributed by atoms with Gasteiger partial charge in [-0.05, 0) is 13.3 Å². The van der Waals surface area contributed by atoms with Crippen molar-refractivity contribution in [2.45, 2.75) is 25.6 Å². The average Bonchev–Trinajstić information content (AvgIpc) is 2.94. The van der Waals surface area contributed by atoms with E-state index in [9.17, 15) is 10.1 Å². The Labute approximate surface area is 116 Å². The molecule has 110 valence electrons. The summed E-state index contributed by atoms with van der Waals surface area (Å²) in [6, 6.07) is 0. The van der Waals surface area contributed by atoms with Crippen molar-refractivity contribution in [3.8, 4) is 0 Å². The van der Waals surface area contributed by atoms with Gasteiger partial charge >= 0.3 is 5.69 Å². The topological polar surface area (TPSA) is 82.7 Å². The van der Waals surface area contributed by atoms with E-state index >= 15 is 0 Å². The van der Waals surface area contributed by atoms with Crippen LogP contribution in [0.25, 0.3) is 0 Å². The minimum atomic E-state index is -0.607. The predicted octanol–water partition coefficient (Wildman–Crippen LogP) is 0.980. The van der Waals surface area contributed by atoms with Crippen LogP contribution in [0.1, 0.15) is 18.5 Å². The van der Waals surface area contributed by atoms with Crippen LogP contribution in [0.5, 0.6) is 0 Å². The van der Waals surface area contributed by atoms with Gasteiger partial charge in [0.15, 0.2) is 5.79 Å². The van der Waals surface area contributed by atoms with Gasteiger partial charge in [-0.25, -0.2) is 4.68 Å². The number of aryl methyl sites for hydroxylation is 2. The van der Waals surface area contributed by atoms with Crippen molar-refractivity contribution < 1.29 is 14.4 Å². The highest BCUT2D eigenvalue weighted by molar-refractivity contribution is 5.61. The van der Waals surface area contributed by atoms with Crippen LogP contribution < -0.4 is 4.90 Å². The van der Waals surface area contributed by atoms with Crippen molar-refractivity contribution >= 4 is 11.5 Å². The third kappa shape index (κ3) is 2.04. The Kier molecular flexibility index (Phi) is 3.14. The van der Waals surface area contributed by atoms with Gasteiger partial charge in [0.2, 0.25) is 5.82 Å². The fourth-order valence-electron chi connectivity index (χ4n) is 3.10. The van der Waals surface area contributed by atoms with E-state index in [4.69, 9.17) is 9.47 Å².